The van der Waals surface area contributed by atoms with Gasteiger partial charge in [0.1, 0.15) is 23.6 Å². The van der Waals surface area contributed by atoms with E-state index in [-0.39, 0.29) is 63.5 Å². The largest absolute Gasteiger partial charge is 0.508 e. The minimum Gasteiger partial charge on any atom is -0.508 e. The minimum atomic E-state index is -1.31. The van der Waals surface area contributed by atoms with Crippen LogP contribution in [0.3, 0.4) is 0 Å². The van der Waals surface area contributed by atoms with E-state index in [1.807, 2.05) is 0 Å². The van der Waals surface area contributed by atoms with Crippen LogP contribution in [-0.2, 0) is 27.2 Å². The summed E-state index contributed by atoms with van der Waals surface area (Å²) in [5.74, 6) is -2.24. The molecule has 0 aromatic heterocycles. The first-order valence-electron chi connectivity index (χ1n) is 13.1. The van der Waals surface area contributed by atoms with Gasteiger partial charge in [0.2, 0.25) is 17.7 Å². The molecule has 13 heteroatoms. The van der Waals surface area contributed by atoms with E-state index in [4.69, 9.17) is 17.2 Å². The summed E-state index contributed by atoms with van der Waals surface area (Å²) in [6.45, 7) is -0.345. The summed E-state index contributed by atoms with van der Waals surface area (Å²) in [6, 6.07) is 5.89. The Bertz CT molecular complexity index is 1200. The summed E-state index contributed by atoms with van der Waals surface area (Å²) in [4.78, 5) is 41.3. The lowest BCUT2D eigenvalue weighted by Gasteiger charge is -2.29. The van der Waals surface area contributed by atoms with Crippen LogP contribution < -0.4 is 27.8 Å². The summed E-state index contributed by atoms with van der Waals surface area (Å²) >= 11 is 0. The van der Waals surface area contributed by atoms with Crippen LogP contribution in [0.15, 0.2) is 36.4 Å². The number of phenols is 2. The van der Waals surface area contributed by atoms with Gasteiger partial charge in [-0.2, -0.15) is 0 Å². The van der Waals surface area contributed by atoms with E-state index in [2.05, 4.69) is 10.6 Å². The molecule has 1 aliphatic heterocycles. The van der Waals surface area contributed by atoms with Gasteiger partial charge in [0.15, 0.2) is 0 Å². The molecule has 2 aromatic carbocycles. The normalized spacial score (nSPS) is 20.5. The third-order valence-corrected chi connectivity index (χ3v) is 6.80. The van der Waals surface area contributed by atoms with E-state index in [1.54, 1.807) is 24.3 Å². The molecule has 1 heterocycles. The van der Waals surface area contributed by atoms with E-state index < -0.39 is 42.0 Å². The molecule has 3 rings (SSSR count). The number of fused-ring (bicyclic) bond motifs is 5. The molecule has 0 saturated heterocycles. The molecule has 4 atom stereocenters. The third kappa shape index (κ3) is 7.67. The van der Waals surface area contributed by atoms with Crippen molar-refractivity contribution in [3.63, 3.8) is 0 Å². The van der Waals surface area contributed by atoms with Crippen molar-refractivity contribution in [2.24, 2.45) is 17.2 Å². The topological polar surface area (TPSA) is 237 Å². The van der Waals surface area contributed by atoms with Gasteiger partial charge in [-0.3, -0.25) is 14.4 Å². The first kappa shape index (κ1) is 30.8. The Balaban J connectivity index is 2.13. The van der Waals surface area contributed by atoms with Crippen molar-refractivity contribution in [2.45, 2.75) is 43.5 Å². The molecule has 4 bridgehead atoms. The van der Waals surface area contributed by atoms with E-state index in [0.29, 0.717) is 22.3 Å². The maximum atomic E-state index is 13.6. The third-order valence-electron chi connectivity index (χ3n) is 6.80. The number of phenolic OH excluding ortho intramolecular Hbond substituents is 2. The number of nitrogens with zero attached hydrogens (tertiary/aromatic N) is 1. The van der Waals surface area contributed by atoms with E-state index >= 15 is 0 Å². The Morgan fingerprint density at radius 3 is 2.10 bits per heavy atom. The molecule has 218 valence electrons. The zero-order chi connectivity index (χ0) is 29.4. The smallest absolute Gasteiger partial charge is 0.245 e. The van der Waals surface area contributed by atoms with E-state index in [9.17, 15) is 34.8 Å². The highest BCUT2D eigenvalue weighted by atomic mass is 16.3. The molecule has 12 N–H and O–H groups in total. The molecular formula is C27H38N6O7. The van der Waals surface area contributed by atoms with Crippen molar-refractivity contribution in [2.75, 3.05) is 32.8 Å². The summed E-state index contributed by atoms with van der Waals surface area (Å²) in [5, 5.41) is 45.9. The lowest BCUT2D eigenvalue weighted by atomic mass is 9.95. The number of nitrogens with one attached hydrogen (secondary N) is 2. The number of amides is 3. The molecule has 40 heavy (non-hydrogen) atoms. The first-order chi connectivity index (χ1) is 19.1. The fourth-order valence-corrected chi connectivity index (χ4v) is 4.59. The van der Waals surface area contributed by atoms with Gasteiger partial charge in [0, 0.05) is 45.4 Å². The lowest BCUT2D eigenvalue weighted by molar-refractivity contribution is -0.138. The summed E-state index contributed by atoms with van der Waals surface area (Å²) in [7, 11) is 0. The molecule has 1 aliphatic rings. The van der Waals surface area contributed by atoms with E-state index in [1.165, 1.54) is 17.0 Å². The molecule has 3 amide bonds. The minimum absolute atomic E-state index is 0.0361. The van der Waals surface area contributed by atoms with Crippen molar-refractivity contribution in [1.29, 1.82) is 0 Å². The van der Waals surface area contributed by atoms with Crippen molar-refractivity contribution < 1.29 is 34.8 Å². The summed E-state index contributed by atoms with van der Waals surface area (Å²) in [6.07, 6.45) is -1.60. The van der Waals surface area contributed by atoms with Gasteiger partial charge in [-0.1, -0.05) is 12.1 Å². The molecule has 0 saturated carbocycles. The van der Waals surface area contributed by atoms with Gasteiger partial charge in [-0.25, -0.2) is 0 Å². The average Bonchev–Trinajstić information content (AvgIpc) is 2.93. The van der Waals surface area contributed by atoms with Crippen LogP contribution in [0.4, 0.5) is 0 Å². The van der Waals surface area contributed by atoms with Crippen molar-refractivity contribution in [3.05, 3.63) is 47.5 Å². The van der Waals surface area contributed by atoms with Gasteiger partial charge < -0.3 is 53.2 Å². The quantitative estimate of drug-likeness (QED) is 0.167. The number of aromatic hydroxyl groups is 2. The summed E-state index contributed by atoms with van der Waals surface area (Å²) < 4.78 is 0. The molecule has 0 unspecified atom stereocenters. The number of aliphatic hydroxyl groups is 2. The molecule has 0 radical (unpaired) electrons. The number of nitrogens with two attached hydrogens (primary N) is 3. The number of rotatable bonds is 8. The number of carbonyl (C=O) groups is 3. The Labute approximate surface area is 231 Å². The number of aliphatic hydroxyl groups excluding tert-OH is 2. The molecule has 0 fully saturated rings. The first-order valence-corrected chi connectivity index (χ1v) is 13.1. The van der Waals surface area contributed by atoms with Crippen LogP contribution in [0.5, 0.6) is 11.5 Å². The van der Waals surface area contributed by atoms with Crippen molar-refractivity contribution in [3.8, 4) is 22.6 Å². The molecule has 13 nitrogen and oxygen atoms in total. The van der Waals surface area contributed by atoms with Crippen molar-refractivity contribution >= 4 is 17.7 Å². The second-order valence-electron chi connectivity index (χ2n) is 9.79. The van der Waals surface area contributed by atoms with Gasteiger partial charge in [0.25, 0.3) is 0 Å². The SMILES string of the molecule is NCCN(CCO)C(=O)[C@@H]1Cc2cc(ccc2O)-c2ccc(O)c(c2)C[C@H](N)C(=O)N[C@@H](C[C@@H](O)CN)C(=O)N1. The number of hydrogen-bond donors (Lipinski definition) is 9. The molecule has 2 aromatic rings. The molecule has 0 aliphatic carbocycles. The maximum Gasteiger partial charge on any atom is 0.245 e. The zero-order valence-corrected chi connectivity index (χ0v) is 22.1. The highest BCUT2D eigenvalue weighted by molar-refractivity contribution is 5.93. The lowest BCUT2D eigenvalue weighted by Crippen LogP contribution is -2.58. The second-order valence-corrected chi connectivity index (χ2v) is 9.79. The number of hydrogen-bond acceptors (Lipinski definition) is 10. The van der Waals surface area contributed by atoms with Crippen LogP contribution in [0, 0.1) is 0 Å². The Morgan fingerprint density at radius 1 is 0.950 bits per heavy atom. The monoisotopic (exact) mass is 558 g/mol. The van der Waals surface area contributed by atoms with Crippen LogP contribution in [0.2, 0.25) is 0 Å². The zero-order valence-electron chi connectivity index (χ0n) is 22.1. The molecular weight excluding hydrogens is 520 g/mol. The van der Waals surface area contributed by atoms with Gasteiger partial charge in [-0.15, -0.1) is 0 Å². The Morgan fingerprint density at radius 2 is 1.55 bits per heavy atom. The van der Waals surface area contributed by atoms with Crippen LogP contribution in [-0.4, -0.2) is 100 Å². The second kappa shape index (κ2) is 14.1. The van der Waals surface area contributed by atoms with Crippen LogP contribution in [0.25, 0.3) is 11.1 Å². The van der Waals surface area contributed by atoms with Crippen molar-refractivity contribution in [1.82, 2.24) is 15.5 Å². The van der Waals surface area contributed by atoms with Gasteiger partial charge in [0.05, 0.1) is 18.8 Å². The van der Waals surface area contributed by atoms with Crippen LogP contribution >= 0.6 is 0 Å². The number of carbonyl (C=O) groups excluding carboxylic acids is 3. The fourth-order valence-electron chi connectivity index (χ4n) is 4.59. The predicted octanol–water partition coefficient (Wildman–Crippen LogP) is -2.35. The predicted molar refractivity (Wildman–Crippen MR) is 147 cm³/mol. The highest BCUT2D eigenvalue weighted by Crippen LogP contribution is 2.31. The standard InChI is InChI=1S/C27H38N6O7/c28-5-6-33(7-8-34)27(40)22-12-18-10-16(2-4-24(18)37)15-1-3-23(36)17(9-15)11-20(30)25(38)31-21(26(39)32-22)13-19(35)14-29/h1-4,9-10,19-22,34-37H,5-8,11-14,28-30H2,(H,31,38)(H,32,39)/t19-,20+,21+,22+/m1/s1. The summed E-state index contributed by atoms with van der Waals surface area (Å²) in [5.41, 5.74) is 19.4. The molecule has 0 spiro atoms. The highest BCUT2D eigenvalue weighted by Gasteiger charge is 2.32. The van der Waals surface area contributed by atoms with Gasteiger partial charge in [-0.05, 0) is 46.5 Å². The van der Waals surface area contributed by atoms with E-state index in [0.717, 1.165) is 0 Å². The number of benzene rings is 2. The Kier molecular flexibility index (Phi) is 10.8. The Hall–Kier alpha value is -3.75. The van der Waals surface area contributed by atoms with Crippen LogP contribution in [0.1, 0.15) is 17.5 Å². The average molecular weight is 559 g/mol. The fraction of sp³-hybridized carbons (Fsp3) is 0.444. The maximum absolute atomic E-state index is 13.6. The van der Waals surface area contributed by atoms with Gasteiger partial charge >= 0.3 is 0 Å².